The summed E-state index contributed by atoms with van der Waals surface area (Å²) in [5, 5.41) is 0. The Morgan fingerprint density at radius 1 is 0.340 bits per heavy atom. The molecule has 0 heterocycles. The molecule has 10 heteroatoms. The smallest absolute Gasteiger partial charge is 0.462 e. The van der Waals surface area contributed by atoms with Crippen LogP contribution < -0.4 is 0 Å². The first-order valence-electron chi connectivity index (χ1n) is 38.9. The summed E-state index contributed by atoms with van der Waals surface area (Å²) in [6.07, 6.45) is 107. The lowest BCUT2D eigenvalue weighted by Crippen LogP contribution is -2.37. The molecule has 0 aliphatic carbocycles. The van der Waals surface area contributed by atoms with E-state index in [1.54, 1.807) is 0 Å². The minimum Gasteiger partial charge on any atom is -0.462 e. The van der Waals surface area contributed by atoms with Gasteiger partial charge in [0.2, 0.25) is 0 Å². The summed E-state index contributed by atoms with van der Waals surface area (Å²) >= 11 is 0. The standard InChI is InChI=1S/C84H146NO8P/c1-6-8-10-12-14-16-18-20-22-24-26-28-30-32-34-36-37-38-39-40-41-42-43-44-45-46-47-49-51-53-55-57-59-61-63-65-67-69-71-73-75-77-84(87)93-82(81-92-94(88,89)91-79-78-85(3,4)5)80-90-83(86)76-74-72-70-68-66-64-62-60-58-56-54-52-50-48-35-33-31-29-27-25-23-21-19-17-15-13-11-9-7-2/h8,10,14,16,19-22,25-28,31-34,37-38,40-41,43-44,82H,6-7,9,11-13,15,17-18,23-24,29-30,35-36,39,42,45-81H2,1-5H3/p+1/b10-8-,16-14-,21-19-,22-20-,27-25-,28-26-,33-31-,34-32-,38-37-,41-40-,44-43-. The molecule has 0 radical (unpaired) electrons. The Kier molecular flexibility index (Phi) is 70.4. The fourth-order valence-electron chi connectivity index (χ4n) is 10.7. The summed E-state index contributed by atoms with van der Waals surface area (Å²) in [5.74, 6) is -0.791. The highest BCUT2D eigenvalue weighted by Crippen LogP contribution is 2.43. The van der Waals surface area contributed by atoms with Gasteiger partial charge in [-0.25, -0.2) is 4.57 Å². The third-order valence-corrected chi connectivity index (χ3v) is 17.6. The van der Waals surface area contributed by atoms with Gasteiger partial charge in [-0.2, -0.15) is 0 Å². The van der Waals surface area contributed by atoms with Crippen molar-refractivity contribution in [2.75, 3.05) is 47.5 Å². The molecule has 0 aliphatic heterocycles. The Hall–Kier alpha value is -3.85. The van der Waals surface area contributed by atoms with Gasteiger partial charge in [-0.1, -0.05) is 340 Å². The van der Waals surface area contributed by atoms with Gasteiger partial charge in [-0.15, -0.1) is 0 Å². The van der Waals surface area contributed by atoms with Crippen molar-refractivity contribution in [1.29, 1.82) is 0 Å². The lowest BCUT2D eigenvalue weighted by atomic mass is 10.0. The molecule has 0 fully saturated rings. The van der Waals surface area contributed by atoms with E-state index in [0.29, 0.717) is 17.4 Å². The van der Waals surface area contributed by atoms with Gasteiger partial charge in [0.25, 0.3) is 0 Å². The minimum absolute atomic E-state index is 0.0282. The molecule has 0 aromatic carbocycles. The number of allylic oxidation sites excluding steroid dienone is 22. The van der Waals surface area contributed by atoms with Crippen molar-refractivity contribution in [2.24, 2.45) is 0 Å². The van der Waals surface area contributed by atoms with E-state index in [1.807, 2.05) is 21.1 Å². The van der Waals surface area contributed by atoms with Crippen LogP contribution in [0.4, 0.5) is 0 Å². The number of hydrogen-bond donors (Lipinski definition) is 1. The zero-order valence-corrected chi connectivity index (χ0v) is 62.6. The lowest BCUT2D eigenvalue weighted by Gasteiger charge is -2.24. The van der Waals surface area contributed by atoms with Crippen molar-refractivity contribution in [2.45, 2.75) is 341 Å². The van der Waals surface area contributed by atoms with E-state index >= 15 is 0 Å². The summed E-state index contributed by atoms with van der Waals surface area (Å²) < 4.78 is 34.8. The maximum atomic E-state index is 12.9. The first-order valence-corrected chi connectivity index (χ1v) is 40.4. The number of phosphoric acid groups is 1. The number of ether oxygens (including phenoxy) is 2. The second-order valence-corrected chi connectivity index (χ2v) is 28.5. The first kappa shape index (κ1) is 90.2. The molecule has 2 unspecified atom stereocenters. The van der Waals surface area contributed by atoms with Crippen molar-refractivity contribution in [3.63, 3.8) is 0 Å². The molecule has 0 saturated carbocycles. The van der Waals surface area contributed by atoms with Crippen LogP contribution in [0.5, 0.6) is 0 Å². The molecule has 540 valence electrons. The Morgan fingerprint density at radius 2 is 0.606 bits per heavy atom. The van der Waals surface area contributed by atoms with Gasteiger partial charge in [0.15, 0.2) is 6.10 Å². The van der Waals surface area contributed by atoms with Crippen LogP contribution in [-0.2, 0) is 32.7 Å². The normalized spacial score (nSPS) is 13.8. The third kappa shape index (κ3) is 77.2. The van der Waals surface area contributed by atoms with E-state index in [9.17, 15) is 19.0 Å². The van der Waals surface area contributed by atoms with Crippen molar-refractivity contribution in [3.05, 3.63) is 134 Å². The van der Waals surface area contributed by atoms with Gasteiger partial charge < -0.3 is 18.9 Å². The van der Waals surface area contributed by atoms with Crippen LogP contribution in [0.15, 0.2) is 134 Å². The number of carbonyl (C=O) groups excluding carboxylic acids is 2. The van der Waals surface area contributed by atoms with Crippen LogP contribution in [0.3, 0.4) is 0 Å². The second kappa shape index (κ2) is 73.4. The Morgan fingerprint density at radius 3 is 0.904 bits per heavy atom. The zero-order chi connectivity index (χ0) is 68.3. The van der Waals surface area contributed by atoms with Gasteiger partial charge in [-0.3, -0.25) is 18.6 Å². The predicted molar refractivity (Wildman–Crippen MR) is 408 cm³/mol. The van der Waals surface area contributed by atoms with E-state index in [2.05, 4.69) is 148 Å². The maximum Gasteiger partial charge on any atom is 0.472 e. The summed E-state index contributed by atoms with van der Waals surface area (Å²) in [5.41, 5.74) is 0. The summed E-state index contributed by atoms with van der Waals surface area (Å²) in [4.78, 5) is 36.0. The number of likely N-dealkylation sites (N-methyl/N-ethyl adjacent to an activating group) is 1. The molecule has 1 N–H and O–H groups in total. The number of nitrogens with zero attached hydrogens (tertiary/aromatic N) is 1. The molecule has 0 bridgehead atoms. The van der Waals surface area contributed by atoms with E-state index in [0.717, 1.165) is 103 Å². The van der Waals surface area contributed by atoms with E-state index in [-0.39, 0.29) is 32.0 Å². The molecule has 94 heavy (non-hydrogen) atoms. The molecule has 0 aromatic rings. The highest BCUT2D eigenvalue weighted by molar-refractivity contribution is 7.47. The topological polar surface area (TPSA) is 108 Å². The average Bonchev–Trinajstić information content (AvgIpc) is 1.57. The third-order valence-electron chi connectivity index (χ3n) is 16.7. The van der Waals surface area contributed by atoms with Gasteiger partial charge in [-0.05, 0) is 116 Å². The number of phosphoric ester groups is 1. The Bertz CT molecular complexity index is 2050. The van der Waals surface area contributed by atoms with Crippen molar-refractivity contribution in [1.82, 2.24) is 0 Å². The molecule has 0 saturated heterocycles. The second-order valence-electron chi connectivity index (χ2n) is 27.0. The van der Waals surface area contributed by atoms with Gasteiger partial charge in [0.1, 0.15) is 19.8 Å². The van der Waals surface area contributed by atoms with Crippen molar-refractivity contribution < 1.29 is 42.1 Å². The van der Waals surface area contributed by atoms with Crippen LogP contribution >= 0.6 is 7.82 Å². The lowest BCUT2D eigenvalue weighted by molar-refractivity contribution is -0.870. The van der Waals surface area contributed by atoms with Gasteiger partial charge in [0.05, 0.1) is 27.7 Å². The first-order chi connectivity index (χ1) is 46.0. The summed E-state index contributed by atoms with van der Waals surface area (Å²) in [7, 11) is 1.48. The number of esters is 2. The summed E-state index contributed by atoms with van der Waals surface area (Å²) in [6.45, 7) is 4.34. The van der Waals surface area contributed by atoms with Crippen LogP contribution in [0, 0.1) is 0 Å². The fraction of sp³-hybridized carbons (Fsp3) is 0.714. The van der Waals surface area contributed by atoms with Crippen LogP contribution in [0.1, 0.15) is 335 Å². The molecule has 0 aromatic heterocycles. The predicted octanol–water partition coefficient (Wildman–Crippen LogP) is 25.9. The van der Waals surface area contributed by atoms with Gasteiger partial charge >= 0.3 is 19.8 Å². The monoisotopic (exact) mass is 1330 g/mol. The van der Waals surface area contributed by atoms with E-state index in [1.165, 1.54) is 199 Å². The number of rotatable bonds is 71. The SMILES string of the molecule is CC/C=C\C/C=C\C/C=C\C/C=C\C/C=C\C/C=C\C/C=C\C/C=C\CCCCCCCCCCCCCCCCCCC(=O)OC(COC(=O)CCCCCCCCCCCCCCCC/C=C\C/C=C\C/C=C\CCCCCCC)COP(=O)(O)OCC[N+](C)(C)C. The molecular weight excluding hydrogens is 1180 g/mol. The number of carbonyl (C=O) groups is 2. The average molecular weight is 1330 g/mol. The number of quaternary nitrogens is 1. The maximum absolute atomic E-state index is 12.9. The Labute approximate surface area is 581 Å². The molecule has 0 spiro atoms. The number of unbranched alkanes of at least 4 members (excludes halogenated alkanes) is 35. The fourth-order valence-corrected chi connectivity index (χ4v) is 11.5. The van der Waals surface area contributed by atoms with Crippen molar-refractivity contribution >= 4 is 19.8 Å². The molecule has 0 rings (SSSR count). The van der Waals surface area contributed by atoms with Gasteiger partial charge in [0, 0.05) is 12.8 Å². The van der Waals surface area contributed by atoms with Crippen LogP contribution in [-0.4, -0.2) is 74.9 Å². The summed E-state index contributed by atoms with van der Waals surface area (Å²) in [6, 6.07) is 0. The van der Waals surface area contributed by atoms with E-state index < -0.39 is 26.5 Å². The van der Waals surface area contributed by atoms with Crippen LogP contribution in [0.25, 0.3) is 0 Å². The minimum atomic E-state index is -4.40. The molecule has 0 aliphatic rings. The molecular formula is C84H147NO8P+. The van der Waals surface area contributed by atoms with Crippen LogP contribution in [0.2, 0.25) is 0 Å². The van der Waals surface area contributed by atoms with Crippen molar-refractivity contribution in [3.8, 4) is 0 Å². The zero-order valence-electron chi connectivity index (χ0n) is 61.7. The quantitative estimate of drug-likeness (QED) is 0.0211. The highest BCUT2D eigenvalue weighted by Gasteiger charge is 2.27. The molecule has 9 nitrogen and oxygen atoms in total. The number of hydrogen-bond acceptors (Lipinski definition) is 7. The molecule has 0 amide bonds. The van der Waals surface area contributed by atoms with E-state index in [4.69, 9.17) is 18.5 Å². The Balaban J connectivity index is 4.00. The molecule has 2 atom stereocenters. The highest BCUT2D eigenvalue weighted by atomic mass is 31.2. The largest absolute Gasteiger partial charge is 0.472 e.